The second-order valence-electron chi connectivity index (χ2n) is 6.70. The molecule has 0 aliphatic rings. The van der Waals surface area contributed by atoms with Crippen molar-refractivity contribution in [1.29, 1.82) is 0 Å². The van der Waals surface area contributed by atoms with Gasteiger partial charge in [-0.1, -0.05) is 31.1 Å². The minimum absolute atomic E-state index is 0.578. The minimum atomic E-state index is -3.19. The fourth-order valence-electron chi connectivity index (χ4n) is 1.78. The van der Waals surface area contributed by atoms with Gasteiger partial charge in [0.1, 0.15) is 16.8 Å². The molecule has 0 amide bonds. The highest BCUT2D eigenvalue weighted by molar-refractivity contribution is 6.61. The molecule has 0 aliphatic heterocycles. The summed E-state index contributed by atoms with van der Waals surface area (Å²) in [5, 5.41) is 0. The molecule has 3 nitrogen and oxygen atoms in total. The van der Waals surface area contributed by atoms with E-state index >= 15 is 0 Å². The molecule has 0 radical (unpaired) electrons. The SMILES string of the molecule is C#CC(C)(C)O[Si](CCC)(OC(C)(C)C#C)OC(C)(C)C#C. The summed E-state index contributed by atoms with van der Waals surface area (Å²) < 4.78 is 18.5. The van der Waals surface area contributed by atoms with Gasteiger partial charge in [0.2, 0.25) is 0 Å². The van der Waals surface area contributed by atoms with Gasteiger partial charge in [0.15, 0.2) is 0 Å². The molecule has 0 aliphatic carbocycles. The molecule has 0 atom stereocenters. The van der Waals surface area contributed by atoms with Crippen molar-refractivity contribution in [1.82, 2.24) is 0 Å². The van der Waals surface area contributed by atoms with E-state index in [1.807, 2.05) is 6.92 Å². The first-order chi connectivity index (χ1) is 9.86. The summed E-state index contributed by atoms with van der Waals surface area (Å²) >= 11 is 0. The molecule has 0 rings (SSSR count). The summed E-state index contributed by atoms with van der Waals surface area (Å²) in [4.78, 5) is 0. The summed E-state index contributed by atoms with van der Waals surface area (Å²) in [6, 6.07) is 0.578. The van der Waals surface area contributed by atoms with Crippen molar-refractivity contribution in [3.8, 4) is 37.0 Å². The lowest BCUT2D eigenvalue weighted by Crippen LogP contribution is -2.57. The minimum Gasteiger partial charge on any atom is -0.357 e. The summed E-state index contributed by atoms with van der Waals surface area (Å²) in [7, 11) is -3.19. The lowest BCUT2D eigenvalue weighted by Gasteiger charge is -2.41. The van der Waals surface area contributed by atoms with Crippen molar-refractivity contribution in [2.75, 3.05) is 0 Å². The Morgan fingerprint density at radius 1 is 0.727 bits per heavy atom. The third-order valence-electron chi connectivity index (χ3n) is 2.83. The van der Waals surface area contributed by atoms with Crippen LogP contribution in [0.15, 0.2) is 0 Å². The van der Waals surface area contributed by atoms with Crippen molar-refractivity contribution in [2.24, 2.45) is 0 Å². The second-order valence-corrected chi connectivity index (χ2v) is 9.18. The highest BCUT2D eigenvalue weighted by atomic mass is 28.4. The standard InChI is InChI=1S/C18H28O3Si/c1-11-15-22(19-16(5,6)12-2,20-17(7,8)13-3)21-18(9,10)14-4/h2-4H,11,15H2,1,5-10H3. The molecule has 22 heavy (non-hydrogen) atoms. The van der Waals surface area contributed by atoms with Gasteiger partial charge in [-0.3, -0.25) is 0 Å². The van der Waals surface area contributed by atoms with E-state index in [9.17, 15) is 0 Å². The van der Waals surface area contributed by atoms with Crippen molar-refractivity contribution in [2.45, 2.75) is 77.7 Å². The van der Waals surface area contributed by atoms with Crippen LogP contribution in [0.4, 0.5) is 0 Å². The molecule has 0 aromatic rings. The van der Waals surface area contributed by atoms with E-state index in [0.29, 0.717) is 6.04 Å². The summed E-state index contributed by atoms with van der Waals surface area (Å²) in [6.07, 6.45) is 17.5. The van der Waals surface area contributed by atoms with E-state index in [-0.39, 0.29) is 0 Å². The summed E-state index contributed by atoms with van der Waals surface area (Å²) in [5.41, 5.74) is -2.51. The highest BCUT2D eigenvalue weighted by Gasteiger charge is 2.51. The van der Waals surface area contributed by atoms with Crippen molar-refractivity contribution >= 4 is 8.80 Å². The Balaban J connectivity index is 5.82. The summed E-state index contributed by atoms with van der Waals surface area (Å²) in [6.45, 7) is 12.8. The van der Waals surface area contributed by atoms with Gasteiger partial charge < -0.3 is 13.3 Å². The molecule has 0 fully saturated rings. The smallest absolute Gasteiger partial charge is 0.357 e. The largest absolute Gasteiger partial charge is 0.504 e. The van der Waals surface area contributed by atoms with Crippen LogP contribution in [-0.2, 0) is 13.3 Å². The average Bonchev–Trinajstić information content (AvgIpc) is 2.37. The third kappa shape index (κ3) is 6.69. The van der Waals surface area contributed by atoms with Crippen LogP contribution in [0, 0.1) is 37.0 Å². The number of hydrogen-bond acceptors (Lipinski definition) is 3. The number of hydrogen-bond donors (Lipinski definition) is 0. The maximum Gasteiger partial charge on any atom is 0.504 e. The zero-order valence-electron chi connectivity index (χ0n) is 14.9. The monoisotopic (exact) mass is 320 g/mol. The van der Waals surface area contributed by atoms with E-state index in [1.165, 1.54) is 0 Å². The maximum absolute atomic E-state index is 6.16. The summed E-state index contributed by atoms with van der Waals surface area (Å²) in [5.74, 6) is 7.84. The van der Waals surface area contributed by atoms with Crippen LogP contribution < -0.4 is 0 Å². The maximum atomic E-state index is 6.16. The Hall–Kier alpha value is -1.22. The Kier molecular flexibility index (Phi) is 6.95. The Morgan fingerprint density at radius 3 is 1.18 bits per heavy atom. The molecule has 4 heteroatoms. The predicted octanol–water partition coefficient (Wildman–Crippen LogP) is 3.62. The van der Waals surface area contributed by atoms with Gasteiger partial charge in [-0.05, 0) is 41.5 Å². The van der Waals surface area contributed by atoms with Crippen molar-refractivity contribution in [3.05, 3.63) is 0 Å². The second kappa shape index (κ2) is 7.36. The van der Waals surface area contributed by atoms with E-state index in [2.05, 4.69) is 17.8 Å². The fraction of sp³-hybridized carbons (Fsp3) is 0.667. The molecule has 0 heterocycles. The predicted molar refractivity (Wildman–Crippen MR) is 92.8 cm³/mol. The van der Waals surface area contributed by atoms with Crippen LogP contribution in [0.25, 0.3) is 0 Å². The van der Waals surface area contributed by atoms with Gasteiger partial charge in [-0.2, -0.15) is 0 Å². The molecule has 0 saturated carbocycles. The lowest BCUT2D eigenvalue weighted by atomic mass is 10.2. The van der Waals surface area contributed by atoms with E-state index in [0.717, 1.165) is 6.42 Å². The molecule has 0 spiro atoms. The Bertz CT molecular complexity index is 429. The van der Waals surface area contributed by atoms with Gasteiger partial charge >= 0.3 is 8.80 Å². The third-order valence-corrected chi connectivity index (χ3v) is 6.41. The molecule has 0 N–H and O–H groups in total. The first-order valence-corrected chi connectivity index (χ1v) is 9.33. The van der Waals surface area contributed by atoms with Crippen LogP contribution in [0.5, 0.6) is 0 Å². The molecular formula is C18H28O3Si. The first kappa shape index (κ1) is 20.8. The van der Waals surface area contributed by atoms with Crippen molar-refractivity contribution in [3.63, 3.8) is 0 Å². The van der Waals surface area contributed by atoms with Gasteiger partial charge in [0.25, 0.3) is 0 Å². The highest BCUT2D eigenvalue weighted by Crippen LogP contribution is 2.32. The molecule has 0 aromatic heterocycles. The van der Waals surface area contributed by atoms with Gasteiger partial charge in [0, 0.05) is 6.04 Å². The number of rotatable bonds is 8. The lowest BCUT2D eigenvalue weighted by molar-refractivity contribution is -0.0473. The van der Waals surface area contributed by atoms with Gasteiger partial charge in [-0.15, -0.1) is 19.3 Å². The number of terminal acetylenes is 3. The quantitative estimate of drug-likeness (QED) is 0.505. The molecule has 0 unspecified atom stereocenters. The molecule has 0 saturated heterocycles. The first-order valence-electron chi connectivity index (χ1n) is 7.40. The van der Waals surface area contributed by atoms with Crippen LogP contribution in [0.3, 0.4) is 0 Å². The molecule has 0 bridgehead atoms. The average molecular weight is 321 g/mol. The molecular weight excluding hydrogens is 292 g/mol. The Morgan fingerprint density at radius 2 is 1.00 bits per heavy atom. The zero-order valence-corrected chi connectivity index (χ0v) is 15.9. The van der Waals surface area contributed by atoms with E-state index < -0.39 is 25.6 Å². The van der Waals surface area contributed by atoms with Gasteiger partial charge in [-0.25, -0.2) is 0 Å². The van der Waals surface area contributed by atoms with Crippen LogP contribution >= 0.6 is 0 Å². The van der Waals surface area contributed by atoms with E-state index in [4.69, 9.17) is 32.5 Å². The fourth-order valence-corrected chi connectivity index (χ4v) is 5.33. The van der Waals surface area contributed by atoms with Crippen molar-refractivity contribution < 1.29 is 13.3 Å². The molecule has 0 aromatic carbocycles. The normalized spacial score (nSPS) is 13.1. The topological polar surface area (TPSA) is 27.7 Å². The van der Waals surface area contributed by atoms with Crippen LogP contribution in [-0.4, -0.2) is 25.6 Å². The van der Waals surface area contributed by atoms with Crippen LogP contribution in [0.1, 0.15) is 54.9 Å². The van der Waals surface area contributed by atoms with Crippen LogP contribution in [0.2, 0.25) is 6.04 Å². The van der Waals surface area contributed by atoms with E-state index in [1.54, 1.807) is 41.5 Å². The Labute approximate surface area is 137 Å². The zero-order chi connectivity index (χ0) is 17.7. The van der Waals surface area contributed by atoms with Gasteiger partial charge in [0.05, 0.1) is 0 Å². The molecule has 122 valence electrons.